The van der Waals surface area contributed by atoms with Crippen LogP contribution in [0.3, 0.4) is 0 Å². The van der Waals surface area contributed by atoms with Gasteiger partial charge in [-0.2, -0.15) is 8.78 Å². The number of hydrogen-bond acceptors (Lipinski definition) is 5. The minimum atomic E-state index is -2.89. The molecule has 0 spiro atoms. The SMILES string of the molecule is CN=C(NCCCCn1cnnc1)NCc1cc(OC)ccc1OC(F)F.I. The smallest absolute Gasteiger partial charge is 0.387 e. The molecule has 0 saturated carbocycles. The number of hydrogen-bond donors (Lipinski definition) is 2. The van der Waals surface area contributed by atoms with Crippen LogP contribution in [-0.4, -0.2) is 48.0 Å². The number of aliphatic imine (C=N–C) groups is 1. The normalized spacial score (nSPS) is 11.1. The van der Waals surface area contributed by atoms with E-state index in [1.807, 2.05) is 4.57 Å². The van der Waals surface area contributed by atoms with Gasteiger partial charge in [0.1, 0.15) is 24.2 Å². The van der Waals surface area contributed by atoms with E-state index in [-0.39, 0.29) is 36.3 Å². The third-order valence-corrected chi connectivity index (χ3v) is 3.76. The van der Waals surface area contributed by atoms with Gasteiger partial charge in [-0.3, -0.25) is 4.99 Å². The number of guanidine groups is 1. The Morgan fingerprint density at radius 1 is 1.21 bits per heavy atom. The number of methoxy groups -OCH3 is 1. The Hall–Kier alpha value is -2.18. The minimum Gasteiger partial charge on any atom is -0.497 e. The number of aryl methyl sites for hydroxylation is 1. The first-order valence-electron chi connectivity index (χ1n) is 8.51. The second kappa shape index (κ2) is 13.1. The van der Waals surface area contributed by atoms with Gasteiger partial charge in [-0.05, 0) is 31.0 Å². The first kappa shape index (κ1) is 23.9. The van der Waals surface area contributed by atoms with Crippen LogP contribution in [0.2, 0.25) is 0 Å². The Kier molecular flexibility index (Phi) is 11.1. The van der Waals surface area contributed by atoms with Crippen LogP contribution in [0.15, 0.2) is 35.8 Å². The van der Waals surface area contributed by atoms with Gasteiger partial charge >= 0.3 is 6.61 Å². The molecule has 2 rings (SSSR count). The highest BCUT2D eigenvalue weighted by atomic mass is 127. The van der Waals surface area contributed by atoms with Crippen LogP contribution in [0.25, 0.3) is 0 Å². The Bertz CT molecular complexity index is 716. The van der Waals surface area contributed by atoms with Crippen molar-refractivity contribution in [3.63, 3.8) is 0 Å². The molecule has 8 nitrogen and oxygen atoms in total. The zero-order valence-corrected chi connectivity index (χ0v) is 18.1. The zero-order valence-electron chi connectivity index (χ0n) is 15.8. The first-order valence-corrected chi connectivity index (χ1v) is 8.51. The van der Waals surface area contributed by atoms with Gasteiger partial charge in [0.25, 0.3) is 0 Å². The molecular weight excluding hydrogens is 485 g/mol. The van der Waals surface area contributed by atoms with Crippen LogP contribution >= 0.6 is 24.0 Å². The molecule has 0 saturated heterocycles. The number of rotatable bonds is 10. The molecule has 1 aromatic heterocycles. The fraction of sp³-hybridized carbons (Fsp3) is 0.471. The maximum absolute atomic E-state index is 12.6. The number of alkyl halides is 2. The predicted octanol–water partition coefficient (Wildman–Crippen LogP) is 2.65. The van der Waals surface area contributed by atoms with Crippen molar-refractivity contribution < 1.29 is 18.3 Å². The van der Waals surface area contributed by atoms with Crippen LogP contribution in [0.5, 0.6) is 11.5 Å². The molecule has 0 aliphatic carbocycles. The van der Waals surface area contributed by atoms with E-state index in [0.29, 0.717) is 17.3 Å². The van der Waals surface area contributed by atoms with E-state index in [9.17, 15) is 8.78 Å². The summed E-state index contributed by atoms with van der Waals surface area (Å²) in [6.45, 7) is -1.06. The molecule has 0 bridgehead atoms. The van der Waals surface area contributed by atoms with Crippen molar-refractivity contribution in [2.75, 3.05) is 20.7 Å². The number of aromatic nitrogens is 3. The monoisotopic (exact) mass is 510 g/mol. The molecule has 11 heteroatoms. The molecule has 2 aromatic rings. The van der Waals surface area contributed by atoms with Crippen LogP contribution in [0, 0.1) is 0 Å². The predicted molar refractivity (Wildman–Crippen MR) is 112 cm³/mol. The number of nitrogens with zero attached hydrogens (tertiary/aromatic N) is 4. The molecule has 0 fully saturated rings. The van der Waals surface area contributed by atoms with Crippen LogP contribution in [0.1, 0.15) is 18.4 Å². The summed E-state index contributed by atoms with van der Waals surface area (Å²) in [5.41, 5.74) is 0.546. The third-order valence-electron chi connectivity index (χ3n) is 3.76. The average Bonchev–Trinajstić information content (AvgIpc) is 3.18. The quantitative estimate of drug-likeness (QED) is 0.221. The molecule has 0 radical (unpaired) electrons. The summed E-state index contributed by atoms with van der Waals surface area (Å²) in [7, 11) is 3.16. The van der Waals surface area contributed by atoms with Gasteiger partial charge in [0.15, 0.2) is 5.96 Å². The molecule has 28 heavy (non-hydrogen) atoms. The van der Waals surface area contributed by atoms with Crippen molar-refractivity contribution in [2.45, 2.75) is 32.5 Å². The van der Waals surface area contributed by atoms with Crippen molar-refractivity contribution in [3.05, 3.63) is 36.4 Å². The highest BCUT2D eigenvalue weighted by molar-refractivity contribution is 14.0. The first-order chi connectivity index (χ1) is 13.1. The van der Waals surface area contributed by atoms with Gasteiger partial charge in [-0.1, -0.05) is 0 Å². The van der Waals surface area contributed by atoms with Gasteiger partial charge in [0, 0.05) is 32.2 Å². The van der Waals surface area contributed by atoms with E-state index in [1.54, 1.807) is 31.8 Å². The second-order valence-electron chi connectivity index (χ2n) is 5.61. The average molecular weight is 510 g/mol. The van der Waals surface area contributed by atoms with Gasteiger partial charge < -0.3 is 24.7 Å². The Morgan fingerprint density at radius 3 is 2.61 bits per heavy atom. The summed E-state index contributed by atoms with van der Waals surface area (Å²) in [6.07, 6.45) is 5.25. The summed E-state index contributed by atoms with van der Waals surface area (Å²) in [6, 6.07) is 4.68. The number of unbranched alkanes of at least 4 members (excludes halogenated alkanes) is 1. The topological polar surface area (TPSA) is 85.6 Å². The summed E-state index contributed by atoms with van der Waals surface area (Å²) in [4.78, 5) is 4.13. The maximum Gasteiger partial charge on any atom is 0.387 e. The van der Waals surface area contributed by atoms with E-state index in [4.69, 9.17) is 4.74 Å². The molecule has 0 aliphatic rings. The lowest BCUT2D eigenvalue weighted by Gasteiger charge is -2.15. The number of nitrogens with one attached hydrogen (secondary N) is 2. The van der Waals surface area contributed by atoms with E-state index < -0.39 is 6.61 Å². The third kappa shape index (κ3) is 8.23. The maximum atomic E-state index is 12.6. The van der Waals surface area contributed by atoms with Gasteiger partial charge in [0.2, 0.25) is 0 Å². The van der Waals surface area contributed by atoms with E-state index in [1.165, 1.54) is 13.2 Å². The van der Waals surface area contributed by atoms with Crippen molar-refractivity contribution in [1.82, 2.24) is 25.4 Å². The Labute approximate surface area is 179 Å². The summed E-state index contributed by atoms with van der Waals surface area (Å²) >= 11 is 0. The lowest BCUT2D eigenvalue weighted by molar-refractivity contribution is -0.0504. The molecule has 0 amide bonds. The van der Waals surface area contributed by atoms with E-state index in [0.717, 1.165) is 25.9 Å². The molecule has 0 unspecified atom stereocenters. The second-order valence-corrected chi connectivity index (χ2v) is 5.61. The highest BCUT2D eigenvalue weighted by Crippen LogP contribution is 2.25. The van der Waals surface area contributed by atoms with Gasteiger partial charge in [-0.15, -0.1) is 34.2 Å². The van der Waals surface area contributed by atoms with Crippen LogP contribution in [0.4, 0.5) is 8.78 Å². The Morgan fingerprint density at radius 2 is 1.96 bits per heavy atom. The van der Waals surface area contributed by atoms with E-state index >= 15 is 0 Å². The molecule has 156 valence electrons. The fourth-order valence-electron chi connectivity index (χ4n) is 2.40. The molecular formula is C17H25F2IN6O2. The standard InChI is InChI=1S/C17H24F2N6O2.HI/c1-20-17(21-7-3-4-8-25-11-23-24-12-25)22-10-13-9-14(26-2)5-6-15(13)27-16(18)19;/h5-6,9,11-12,16H,3-4,7-8,10H2,1-2H3,(H2,20,21,22);1H. The van der Waals surface area contributed by atoms with E-state index in [2.05, 4.69) is 30.6 Å². The van der Waals surface area contributed by atoms with Crippen molar-refractivity contribution >= 4 is 29.9 Å². The molecule has 1 aromatic carbocycles. The van der Waals surface area contributed by atoms with Crippen LogP contribution < -0.4 is 20.1 Å². The molecule has 1 heterocycles. The summed E-state index contributed by atoms with van der Waals surface area (Å²) in [5, 5.41) is 13.8. The molecule has 2 N–H and O–H groups in total. The van der Waals surface area contributed by atoms with Crippen LogP contribution in [-0.2, 0) is 13.1 Å². The minimum absolute atomic E-state index is 0. The summed E-state index contributed by atoms with van der Waals surface area (Å²) < 4.78 is 36.8. The van der Waals surface area contributed by atoms with Gasteiger partial charge in [-0.25, -0.2) is 0 Å². The van der Waals surface area contributed by atoms with Crippen molar-refractivity contribution in [3.8, 4) is 11.5 Å². The van der Waals surface area contributed by atoms with Crippen molar-refractivity contribution in [1.29, 1.82) is 0 Å². The Balaban J connectivity index is 0.00000392. The lowest BCUT2D eigenvalue weighted by atomic mass is 10.2. The number of halogens is 3. The van der Waals surface area contributed by atoms with Gasteiger partial charge in [0.05, 0.1) is 7.11 Å². The highest BCUT2D eigenvalue weighted by Gasteiger charge is 2.11. The summed E-state index contributed by atoms with van der Waals surface area (Å²) in [5.74, 6) is 1.23. The molecule has 0 atom stereocenters. The molecule has 0 aliphatic heterocycles. The van der Waals surface area contributed by atoms with Crippen molar-refractivity contribution in [2.24, 2.45) is 4.99 Å². The largest absolute Gasteiger partial charge is 0.497 e. The number of ether oxygens (including phenoxy) is 2. The lowest BCUT2D eigenvalue weighted by Crippen LogP contribution is -2.37. The number of benzene rings is 1. The zero-order chi connectivity index (χ0) is 19.5. The fourth-order valence-corrected chi connectivity index (χ4v) is 2.40.